The fourth-order valence-corrected chi connectivity index (χ4v) is 5.41. The van der Waals surface area contributed by atoms with Crippen molar-refractivity contribution in [3.8, 4) is 0 Å². The Morgan fingerprint density at radius 3 is 1.79 bits per heavy atom. The molecule has 5 aromatic carbocycles. The van der Waals surface area contributed by atoms with Gasteiger partial charge in [-0.3, -0.25) is 9.59 Å². The van der Waals surface area contributed by atoms with Crippen molar-refractivity contribution in [2.75, 3.05) is 0 Å². The van der Waals surface area contributed by atoms with Crippen LogP contribution in [0, 0.1) is 0 Å². The van der Waals surface area contributed by atoms with Crippen LogP contribution in [0.3, 0.4) is 0 Å². The lowest BCUT2D eigenvalue weighted by Gasteiger charge is -2.24. The molecule has 0 radical (unpaired) electrons. The highest BCUT2D eigenvalue weighted by Crippen LogP contribution is 2.38. The first-order valence-electron chi connectivity index (χ1n) is 11.1. The lowest BCUT2D eigenvalue weighted by Crippen LogP contribution is -2.36. The Kier molecular flexibility index (Phi) is 3.65. The molecule has 4 heteroatoms. The van der Waals surface area contributed by atoms with Crippen molar-refractivity contribution in [1.82, 2.24) is 5.01 Å². The number of imide groups is 1. The van der Waals surface area contributed by atoms with Gasteiger partial charge in [0.25, 0.3) is 11.8 Å². The summed E-state index contributed by atoms with van der Waals surface area (Å²) in [6, 6.07) is 26.1. The van der Waals surface area contributed by atoms with Gasteiger partial charge < -0.3 is 0 Å². The zero-order chi connectivity index (χ0) is 22.1. The van der Waals surface area contributed by atoms with Gasteiger partial charge in [0.1, 0.15) is 0 Å². The highest BCUT2D eigenvalue weighted by atomic mass is 16.2. The number of benzene rings is 5. The molecule has 1 heterocycles. The fraction of sp³-hybridized carbons (Fsp3) is 0.0690. The molecule has 0 saturated heterocycles. The average molecular weight is 426 g/mol. The molecular weight excluding hydrogens is 408 g/mol. The first-order valence-corrected chi connectivity index (χ1v) is 11.1. The number of aryl methyl sites for hydroxylation is 2. The van der Waals surface area contributed by atoms with Crippen molar-refractivity contribution in [1.29, 1.82) is 0 Å². The monoisotopic (exact) mass is 426 g/mol. The van der Waals surface area contributed by atoms with E-state index in [2.05, 4.69) is 23.3 Å². The molecule has 0 aromatic heterocycles. The second-order valence-electron chi connectivity index (χ2n) is 8.69. The molecule has 33 heavy (non-hydrogen) atoms. The van der Waals surface area contributed by atoms with Gasteiger partial charge in [-0.2, -0.15) is 10.1 Å². The van der Waals surface area contributed by atoms with Gasteiger partial charge in [0.15, 0.2) is 0 Å². The van der Waals surface area contributed by atoms with Crippen LogP contribution in [0.25, 0.3) is 32.3 Å². The molecule has 0 atom stereocenters. The molecule has 2 amide bonds. The minimum Gasteiger partial charge on any atom is -0.267 e. The Morgan fingerprint density at radius 2 is 1.21 bits per heavy atom. The molecule has 0 bridgehead atoms. The van der Waals surface area contributed by atoms with E-state index >= 15 is 0 Å². The lowest BCUT2D eigenvalue weighted by molar-refractivity contribution is 0.0616. The molecule has 0 spiro atoms. The zero-order valence-electron chi connectivity index (χ0n) is 17.7. The predicted octanol–water partition coefficient (Wildman–Crippen LogP) is 5.87. The summed E-state index contributed by atoms with van der Waals surface area (Å²) in [5.41, 5.74) is 4.42. The number of hydrogen-bond donors (Lipinski definition) is 0. The molecule has 7 rings (SSSR count). The summed E-state index contributed by atoms with van der Waals surface area (Å²) < 4.78 is 0. The summed E-state index contributed by atoms with van der Waals surface area (Å²) in [6.45, 7) is 0. The highest BCUT2D eigenvalue weighted by Gasteiger charge is 2.35. The quantitative estimate of drug-likeness (QED) is 0.201. The molecular formula is C29H18N2O2. The summed E-state index contributed by atoms with van der Waals surface area (Å²) in [7, 11) is 0. The topological polar surface area (TPSA) is 49.7 Å². The number of carbonyl (C=O) groups is 2. The van der Waals surface area contributed by atoms with Gasteiger partial charge in [0, 0.05) is 10.9 Å². The van der Waals surface area contributed by atoms with Gasteiger partial charge in [-0.25, -0.2) is 0 Å². The number of rotatable bonds is 2. The standard InChI is InChI=1S/C29H18N2O2/c32-28-23-13-11-17-9-10-18-12-14-24(27(23)26(17)18)29(33)31(28)30-16-25-21-7-3-1-5-19(21)15-20-6-2-4-8-22(20)25/h1-8,11-16H,9-10H2/b30-16+. The minimum absolute atomic E-state index is 0.371. The van der Waals surface area contributed by atoms with Crippen LogP contribution in [0.2, 0.25) is 0 Å². The maximum absolute atomic E-state index is 13.4. The average Bonchev–Trinajstić information content (AvgIpc) is 3.28. The van der Waals surface area contributed by atoms with E-state index in [1.54, 1.807) is 6.21 Å². The Morgan fingerprint density at radius 1 is 0.667 bits per heavy atom. The van der Waals surface area contributed by atoms with Crippen molar-refractivity contribution in [2.45, 2.75) is 12.8 Å². The largest absolute Gasteiger partial charge is 0.282 e. The van der Waals surface area contributed by atoms with Crippen molar-refractivity contribution in [3.63, 3.8) is 0 Å². The maximum atomic E-state index is 13.4. The van der Waals surface area contributed by atoms with Gasteiger partial charge in [0.05, 0.1) is 17.3 Å². The maximum Gasteiger partial charge on any atom is 0.282 e. The van der Waals surface area contributed by atoms with Crippen molar-refractivity contribution in [2.24, 2.45) is 5.10 Å². The zero-order valence-corrected chi connectivity index (χ0v) is 17.7. The van der Waals surface area contributed by atoms with E-state index in [1.165, 1.54) is 11.1 Å². The van der Waals surface area contributed by atoms with Gasteiger partial charge in [-0.15, -0.1) is 0 Å². The van der Waals surface area contributed by atoms with Crippen molar-refractivity contribution < 1.29 is 9.59 Å². The van der Waals surface area contributed by atoms with Gasteiger partial charge >= 0.3 is 0 Å². The molecule has 0 N–H and O–H groups in total. The van der Waals surface area contributed by atoms with Crippen LogP contribution in [-0.4, -0.2) is 23.0 Å². The van der Waals surface area contributed by atoms with E-state index < -0.39 is 0 Å². The van der Waals surface area contributed by atoms with E-state index in [9.17, 15) is 9.59 Å². The van der Waals surface area contributed by atoms with Crippen molar-refractivity contribution in [3.05, 3.63) is 107 Å². The molecule has 4 nitrogen and oxygen atoms in total. The summed E-state index contributed by atoms with van der Waals surface area (Å²) in [5.74, 6) is -0.743. The SMILES string of the molecule is O=C1c2ccc3c4c(ccc(c24)C(=O)N1/N=C/c1c2ccccc2cc2ccccc12)CC3. The fourth-order valence-electron chi connectivity index (χ4n) is 5.41. The first kappa shape index (κ1) is 18.3. The third-order valence-electron chi connectivity index (χ3n) is 6.96. The number of carbonyl (C=O) groups excluding carboxylic acids is 2. The number of amides is 2. The lowest BCUT2D eigenvalue weighted by atomic mass is 9.92. The van der Waals surface area contributed by atoms with Crippen LogP contribution < -0.4 is 0 Å². The third-order valence-corrected chi connectivity index (χ3v) is 6.96. The summed E-state index contributed by atoms with van der Waals surface area (Å²) in [5, 5.41) is 11.6. The van der Waals surface area contributed by atoms with Gasteiger partial charge in [-0.1, -0.05) is 60.7 Å². The molecule has 0 fully saturated rings. The molecule has 0 saturated carbocycles. The van der Waals surface area contributed by atoms with Crippen LogP contribution in [0.1, 0.15) is 37.4 Å². The number of hydrogen-bond acceptors (Lipinski definition) is 3. The van der Waals surface area contributed by atoms with Crippen molar-refractivity contribution >= 4 is 50.3 Å². The summed E-state index contributed by atoms with van der Waals surface area (Å²) in [6.07, 6.45) is 3.56. The number of hydrazone groups is 1. The van der Waals surface area contributed by atoms with E-state index in [-0.39, 0.29) is 11.8 Å². The molecule has 2 aliphatic rings. The molecule has 156 valence electrons. The van der Waals surface area contributed by atoms with Crippen LogP contribution >= 0.6 is 0 Å². The van der Waals surface area contributed by atoms with Crippen LogP contribution in [0.15, 0.2) is 84.0 Å². The van der Waals surface area contributed by atoms with Crippen LogP contribution in [0.5, 0.6) is 0 Å². The van der Waals surface area contributed by atoms with E-state index in [4.69, 9.17) is 0 Å². The Labute approximate surface area is 189 Å². The molecule has 5 aromatic rings. The van der Waals surface area contributed by atoms with Gasteiger partial charge in [0.2, 0.25) is 0 Å². The number of fused-ring (bicyclic) bond motifs is 2. The second-order valence-corrected chi connectivity index (χ2v) is 8.69. The first-order chi connectivity index (χ1) is 16.2. The van der Waals surface area contributed by atoms with Gasteiger partial charge in [-0.05, 0) is 69.1 Å². The Bertz CT molecular complexity index is 1600. The third kappa shape index (κ3) is 2.49. The normalized spacial score (nSPS) is 15.0. The predicted molar refractivity (Wildman–Crippen MR) is 131 cm³/mol. The van der Waals surface area contributed by atoms with Crippen LogP contribution in [-0.2, 0) is 12.8 Å². The molecule has 1 aliphatic carbocycles. The molecule has 0 unspecified atom stereocenters. The molecule has 1 aliphatic heterocycles. The highest BCUT2D eigenvalue weighted by molar-refractivity contribution is 6.26. The van der Waals surface area contributed by atoms with E-state index in [1.807, 2.05) is 60.7 Å². The Hall–Kier alpha value is -4.31. The number of nitrogens with zero attached hydrogens (tertiary/aromatic N) is 2. The smallest absolute Gasteiger partial charge is 0.267 e. The Balaban J connectivity index is 1.41. The minimum atomic E-state index is -0.371. The summed E-state index contributed by atoms with van der Waals surface area (Å²) >= 11 is 0. The van der Waals surface area contributed by atoms with E-state index in [0.717, 1.165) is 55.7 Å². The second kappa shape index (κ2) is 6.59. The van der Waals surface area contributed by atoms with E-state index in [0.29, 0.717) is 11.1 Å². The summed E-state index contributed by atoms with van der Waals surface area (Å²) in [4.78, 5) is 26.8. The van der Waals surface area contributed by atoms with Crippen LogP contribution in [0.4, 0.5) is 0 Å².